The first-order chi connectivity index (χ1) is 16.6. The zero-order valence-electron chi connectivity index (χ0n) is 20.3. The lowest BCUT2D eigenvalue weighted by Gasteiger charge is -2.33. The van der Waals surface area contributed by atoms with E-state index >= 15 is 0 Å². The van der Waals surface area contributed by atoms with Crippen molar-refractivity contribution < 1.29 is 38.9 Å². The van der Waals surface area contributed by atoms with E-state index in [9.17, 15) is 14.7 Å². The van der Waals surface area contributed by atoms with Gasteiger partial charge in [-0.25, -0.2) is 4.79 Å². The molecule has 1 atom stereocenters. The van der Waals surface area contributed by atoms with Crippen LogP contribution in [0.25, 0.3) is 0 Å². The monoisotopic (exact) mass is 489 g/mol. The second kappa shape index (κ2) is 11.4. The average molecular weight is 490 g/mol. The summed E-state index contributed by atoms with van der Waals surface area (Å²) in [6.07, 6.45) is 0.524. The van der Waals surface area contributed by atoms with E-state index in [0.29, 0.717) is 42.2 Å². The highest BCUT2D eigenvalue weighted by Gasteiger charge is 2.39. The number of carbonyl (C=O) groups is 2. The minimum atomic E-state index is -1.81. The molecule has 0 radical (unpaired) electrons. The summed E-state index contributed by atoms with van der Waals surface area (Å²) < 4.78 is 22.9. The molecule has 11 nitrogen and oxygen atoms in total. The van der Waals surface area contributed by atoms with Crippen molar-refractivity contribution in [2.45, 2.75) is 39.0 Å². The van der Waals surface area contributed by atoms with Crippen LogP contribution >= 0.6 is 0 Å². The van der Waals surface area contributed by atoms with Crippen molar-refractivity contribution in [2.75, 3.05) is 25.6 Å². The Kier molecular flexibility index (Phi) is 8.90. The number of hydrogen-bond acceptors (Lipinski definition) is 9. The van der Waals surface area contributed by atoms with Crippen molar-refractivity contribution in [2.24, 2.45) is 10.9 Å². The van der Waals surface area contributed by atoms with Crippen LogP contribution in [0.3, 0.4) is 0 Å². The normalized spacial score (nSPS) is 13.5. The van der Waals surface area contributed by atoms with E-state index in [4.69, 9.17) is 29.9 Å². The molecule has 0 heterocycles. The van der Waals surface area contributed by atoms with Crippen LogP contribution in [0.5, 0.6) is 17.2 Å². The topological polar surface area (TPSA) is 162 Å². The lowest BCUT2D eigenvalue weighted by Crippen LogP contribution is -2.42. The van der Waals surface area contributed by atoms with Crippen molar-refractivity contribution >= 4 is 23.8 Å². The van der Waals surface area contributed by atoms with Crippen LogP contribution in [0.4, 0.5) is 5.69 Å². The number of nitrogens with two attached hydrogens (primary N) is 1. The van der Waals surface area contributed by atoms with Crippen molar-refractivity contribution in [3.8, 4) is 17.2 Å². The van der Waals surface area contributed by atoms with Gasteiger partial charge in [-0.1, -0.05) is 5.16 Å². The van der Waals surface area contributed by atoms with Gasteiger partial charge in [-0.2, -0.15) is 0 Å². The molecule has 2 aromatic rings. The minimum Gasteiger partial charge on any atom is -0.490 e. The van der Waals surface area contributed by atoms with Gasteiger partial charge in [0.1, 0.15) is 5.75 Å². The minimum absolute atomic E-state index is 0.0408. The molecule has 190 valence electrons. The summed E-state index contributed by atoms with van der Waals surface area (Å²) in [5, 5.41) is 24.4. The van der Waals surface area contributed by atoms with E-state index < -0.39 is 17.3 Å². The molecule has 5 N–H and O–H groups in total. The summed E-state index contributed by atoms with van der Waals surface area (Å²) in [7, 11) is 1.31. The smallest absolute Gasteiger partial charge is 0.347 e. The molecule has 2 rings (SSSR count). The molecule has 0 bridgehead atoms. The second-order valence-corrected chi connectivity index (χ2v) is 7.82. The first-order valence-corrected chi connectivity index (χ1v) is 10.8. The van der Waals surface area contributed by atoms with Crippen LogP contribution in [0, 0.1) is 0 Å². The van der Waals surface area contributed by atoms with Gasteiger partial charge < -0.3 is 40.3 Å². The number of carboxylic acids is 1. The second-order valence-electron chi connectivity index (χ2n) is 7.82. The Labute approximate surface area is 203 Å². The van der Waals surface area contributed by atoms with Crippen molar-refractivity contribution in [3.05, 3.63) is 47.5 Å². The molecular formula is C24H31N3O8. The van der Waals surface area contributed by atoms with Crippen LogP contribution in [0.2, 0.25) is 0 Å². The number of nitrogens with one attached hydrogen (secondary N) is 1. The number of oxime groups is 1. The molecule has 0 saturated carbocycles. The standard InChI is InChI=1S/C24H31N3O8/c1-6-33-19-12-17(18(13-20(19)34-7-2)35-23(3,4)22(29)30)24(14-28,32-5)26-16-10-8-15(9-11-16)21(25)27-31/h8-14,26,31H,6-7H2,1-5H3,(H2,25,27)(H,29,30). The Morgan fingerprint density at radius 1 is 1.09 bits per heavy atom. The van der Waals surface area contributed by atoms with E-state index in [1.165, 1.54) is 33.1 Å². The quantitative estimate of drug-likeness (QED) is 0.0822. The van der Waals surface area contributed by atoms with Gasteiger partial charge in [0.25, 0.3) is 0 Å². The SMILES string of the molecule is CCOc1cc(OC(C)(C)C(=O)O)c(C(C=O)(Nc2ccc(C(N)=NO)cc2)OC)cc1OCC. The number of amidine groups is 1. The number of anilines is 1. The van der Waals surface area contributed by atoms with Crippen LogP contribution in [0.15, 0.2) is 41.6 Å². The third kappa shape index (κ3) is 6.12. The van der Waals surface area contributed by atoms with E-state index in [-0.39, 0.29) is 17.1 Å². The number of nitrogens with zero attached hydrogens (tertiary/aromatic N) is 1. The molecule has 0 aliphatic heterocycles. The van der Waals surface area contributed by atoms with Gasteiger partial charge in [0, 0.05) is 24.4 Å². The number of carboxylic acid groups (broad SMARTS) is 1. The summed E-state index contributed by atoms with van der Waals surface area (Å²) in [6, 6.07) is 9.34. The zero-order chi connectivity index (χ0) is 26.2. The summed E-state index contributed by atoms with van der Waals surface area (Å²) >= 11 is 0. The highest BCUT2D eigenvalue weighted by atomic mass is 16.5. The fourth-order valence-corrected chi connectivity index (χ4v) is 3.14. The van der Waals surface area contributed by atoms with E-state index in [1.807, 2.05) is 0 Å². The number of benzene rings is 2. The molecule has 0 saturated heterocycles. The zero-order valence-corrected chi connectivity index (χ0v) is 20.3. The molecule has 11 heteroatoms. The summed E-state index contributed by atoms with van der Waals surface area (Å²) in [4.78, 5) is 24.3. The third-order valence-corrected chi connectivity index (χ3v) is 5.03. The van der Waals surface area contributed by atoms with Crippen molar-refractivity contribution in [1.82, 2.24) is 0 Å². The summed E-state index contributed by atoms with van der Waals surface area (Å²) in [5.74, 6) is -0.620. The Balaban J connectivity index is 2.69. The number of ether oxygens (including phenoxy) is 4. The number of methoxy groups -OCH3 is 1. The Morgan fingerprint density at radius 2 is 1.66 bits per heavy atom. The maximum atomic E-state index is 12.5. The van der Waals surface area contributed by atoms with Gasteiger partial charge >= 0.3 is 5.97 Å². The van der Waals surface area contributed by atoms with Gasteiger partial charge in [-0.15, -0.1) is 0 Å². The Bertz CT molecular complexity index is 1070. The number of carbonyl (C=O) groups excluding carboxylic acids is 1. The molecular weight excluding hydrogens is 458 g/mol. The first-order valence-electron chi connectivity index (χ1n) is 10.8. The molecule has 0 aliphatic rings. The first kappa shape index (κ1) is 27.3. The predicted octanol–water partition coefficient (Wildman–Crippen LogP) is 2.93. The third-order valence-electron chi connectivity index (χ3n) is 5.03. The van der Waals surface area contributed by atoms with E-state index in [1.54, 1.807) is 38.1 Å². The van der Waals surface area contributed by atoms with Crippen molar-refractivity contribution in [3.63, 3.8) is 0 Å². The molecule has 0 spiro atoms. The lowest BCUT2D eigenvalue weighted by atomic mass is 10.00. The molecule has 0 aliphatic carbocycles. The van der Waals surface area contributed by atoms with Gasteiger partial charge in [-0.3, -0.25) is 4.79 Å². The Hall–Kier alpha value is -3.99. The largest absolute Gasteiger partial charge is 0.490 e. The number of hydrogen-bond donors (Lipinski definition) is 4. The van der Waals surface area contributed by atoms with Crippen molar-refractivity contribution in [1.29, 1.82) is 0 Å². The fourth-order valence-electron chi connectivity index (χ4n) is 3.14. The highest BCUT2D eigenvalue weighted by molar-refractivity contribution is 5.97. The van der Waals surface area contributed by atoms with Gasteiger partial charge in [0.05, 0.1) is 18.8 Å². The van der Waals surface area contributed by atoms with Gasteiger partial charge in [0.2, 0.25) is 5.72 Å². The van der Waals surface area contributed by atoms with Crippen LogP contribution < -0.4 is 25.3 Å². The van der Waals surface area contributed by atoms with Gasteiger partial charge in [0.15, 0.2) is 29.2 Å². The number of aldehydes is 1. The summed E-state index contributed by atoms with van der Waals surface area (Å²) in [5.41, 5.74) is 3.23. The Morgan fingerprint density at radius 3 is 2.11 bits per heavy atom. The fraction of sp³-hybridized carbons (Fsp3) is 0.375. The predicted molar refractivity (Wildman–Crippen MR) is 128 cm³/mol. The van der Waals surface area contributed by atoms with Crippen LogP contribution in [0.1, 0.15) is 38.8 Å². The van der Waals surface area contributed by atoms with Gasteiger partial charge in [-0.05, 0) is 58.0 Å². The molecule has 1 unspecified atom stereocenters. The molecule has 35 heavy (non-hydrogen) atoms. The summed E-state index contributed by atoms with van der Waals surface area (Å²) in [6.45, 7) is 6.96. The highest BCUT2D eigenvalue weighted by Crippen LogP contribution is 2.42. The maximum absolute atomic E-state index is 12.5. The number of rotatable bonds is 13. The molecule has 0 aromatic heterocycles. The molecule has 2 aromatic carbocycles. The van der Waals surface area contributed by atoms with Crippen LogP contribution in [-0.2, 0) is 20.1 Å². The average Bonchev–Trinajstić information content (AvgIpc) is 2.84. The lowest BCUT2D eigenvalue weighted by molar-refractivity contribution is -0.152. The van der Waals surface area contributed by atoms with E-state index in [0.717, 1.165) is 0 Å². The molecule has 0 amide bonds. The maximum Gasteiger partial charge on any atom is 0.347 e. The number of aliphatic carboxylic acids is 1. The van der Waals surface area contributed by atoms with Crippen LogP contribution in [-0.4, -0.2) is 54.3 Å². The van der Waals surface area contributed by atoms with E-state index in [2.05, 4.69) is 10.5 Å². The molecule has 0 fully saturated rings.